The zero-order valence-electron chi connectivity index (χ0n) is 11.2. The van der Waals surface area contributed by atoms with Gasteiger partial charge < -0.3 is 5.32 Å². The quantitative estimate of drug-likeness (QED) is 0.798. The molecule has 1 aromatic heterocycles. The second-order valence-corrected chi connectivity index (χ2v) is 5.53. The van der Waals surface area contributed by atoms with Crippen LogP contribution in [-0.2, 0) is 6.54 Å². The third-order valence-electron chi connectivity index (χ3n) is 3.15. The third-order valence-corrected chi connectivity index (χ3v) is 3.64. The van der Waals surface area contributed by atoms with Gasteiger partial charge in [-0.15, -0.1) is 5.10 Å². The fraction of sp³-hybridized carbons (Fsp3) is 0.200. The summed E-state index contributed by atoms with van der Waals surface area (Å²) in [5.41, 5.74) is 1.97. The molecule has 2 aromatic carbocycles. The van der Waals surface area contributed by atoms with Gasteiger partial charge >= 0.3 is 0 Å². The van der Waals surface area contributed by atoms with Crippen molar-refractivity contribution in [2.24, 2.45) is 0 Å². The fourth-order valence-corrected chi connectivity index (χ4v) is 2.48. The van der Waals surface area contributed by atoms with E-state index < -0.39 is 0 Å². The van der Waals surface area contributed by atoms with Crippen LogP contribution in [0.1, 0.15) is 12.6 Å². The minimum Gasteiger partial charge on any atom is -0.311 e. The molecule has 0 aliphatic rings. The number of rotatable bonds is 4. The highest BCUT2D eigenvalue weighted by molar-refractivity contribution is 9.10. The summed E-state index contributed by atoms with van der Waals surface area (Å²) in [5.74, 6) is 0. The minimum atomic E-state index is 0.747. The van der Waals surface area contributed by atoms with Crippen LogP contribution in [0, 0.1) is 0 Å². The van der Waals surface area contributed by atoms with E-state index in [2.05, 4.69) is 68.8 Å². The first kappa shape index (κ1) is 13.3. The van der Waals surface area contributed by atoms with Gasteiger partial charge in [-0.05, 0) is 41.6 Å². The van der Waals surface area contributed by atoms with E-state index in [-0.39, 0.29) is 0 Å². The normalized spacial score (nSPS) is 11.1. The van der Waals surface area contributed by atoms with Gasteiger partial charge in [0.2, 0.25) is 0 Å². The Balaban J connectivity index is 1.93. The molecule has 0 fully saturated rings. The summed E-state index contributed by atoms with van der Waals surface area (Å²) in [4.78, 5) is 0. The summed E-state index contributed by atoms with van der Waals surface area (Å²) >= 11 is 3.49. The Morgan fingerprint density at radius 2 is 1.95 bits per heavy atom. The van der Waals surface area contributed by atoms with Crippen LogP contribution < -0.4 is 5.32 Å². The van der Waals surface area contributed by atoms with Crippen molar-refractivity contribution in [1.29, 1.82) is 0 Å². The van der Waals surface area contributed by atoms with Crippen molar-refractivity contribution in [2.75, 3.05) is 6.54 Å². The highest BCUT2D eigenvalue weighted by atomic mass is 79.9. The second-order valence-electron chi connectivity index (χ2n) is 4.61. The molecule has 5 heteroatoms. The van der Waals surface area contributed by atoms with E-state index in [1.807, 2.05) is 16.9 Å². The summed E-state index contributed by atoms with van der Waals surface area (Å²) in [6.45, 7) is 3.75. The van der Waals surface area contributed by atoms with Gasteiger partial charge in [-0.25, -0.2) is 4.68 Å². The van der Waals surface area contributed by atoms with E-state index >= 15 is 0 Å². The number of nitrogens with one attached hydrogen (secondary N) is 1. The largest absolute Gasteiger partial charge is 0.311 e. The third kappa shape index (κ3) is 2.73. The number of aromatic nitrogens is 3. The summed E-state index contributed by atoms with van der Waals surface area (Å²) in [5, 5.41) is 14.0. The van der Waals surface area contributed by atoms with E-state index in [1.165, 1.54) is 10.8 Å². The minimum absolute atomic E-state index is 0.747. The molecule has 3 aromatic rings. The van der Waals surface area contributed by atoms with E-state index in [9.17, 15) is 0 Å². The van der Waals surface area contributed by atoms with Crippen LogP contribution in [0.15, 0.2) is 47.1 Å². The maximum Gasteiger partial charge on any atom is 0.0969 e. The van der Waals surface area contributed by atoms with Crippen LogP contribution in [0.5, 0.6) is 0 Å². The molecule has 0 amide bonds. The zero-order chi connectivity index (χ0) is 13.9. The van der Waals surface area contributed by atoms with Crippen LogP contribution in [0.25, 0.3) is 16.5 Å². The number of hydrogen-bond acceptors (Lipinski definition) is 3. The second kappa shape index (κ2) is 5.73. The molecule has 0 aliphatic carbocycles. The van der Waals surface area contributed by atoms with Gasteiger partial charge in [0, 0.05) is 11.0 Å². The molecule has 20 heavy (non-hydrogen) atoms. The average Bonchev–Trinajstić information content (AvgIpc) is 2.93. The van der Waals surface area contributed by atoms with Gasteiger partial charge in [0.1, 0.15) is 0 Å². The van der Waals surface area contributed by atoms with Crippen molar-refractivity contribution >= 4 is 26.7 Å². The molecule has 0 bridgehead atoms. The number of nitrogens with zero attached hydrogens (tertiary/aromatic N) is 3. The van der Waals surface area contributed by atoms with E-state index in [0.717, 1.165) is 28.9 Å². The van der Waals surface area contributed by atoms with Gasteiger partial charge in [0.25, 0.3) is 0 Å². The van der Waals surface area contributed by atoms with Crippen molar-refractivity contribution in [3.8, 4) is 5.69 Å². The molecule has 0 unspecified atom stereocenters. The maximum absolute atomic E-state index is 4.18. The Kier molecular flexibility index (Phi) is 3.80. The van der Waals surface area contributed by atoms with Crippen LogP contribution in [-0.4, -0.2) is 21.5 Å². The van der Waals surface area contributed by atoms with Gasteiger partial charge in [-0.1, -0.05) is 40.2 Å². The van der Waals surface area contributed by atoms with Gasteiger partial charge in [-0.2, -0.15) is 0 Å². The van der Waals surface area contributed by atoms with Crippen molar-refractivity contribution in [3.05, 3.63) is 52.8 Å². The first-order chi connectivity index (χ1) is 9.76. The molecule has 0 saturated carbocycles. The molecule has 1 heterocycles. The molecule has 0 aliphatic heterocycles. The Labute approximate surface area is 125 Å². The number of benzene rings is 2. The molecule has 0 radical (unpaired) electrons. The lowest BCUT2D eigenvalue weighted by atomic mass is 10.1. The van der Waals surface area contributed by atoms with Crippen LogP contribution >= 0.6 is 15.9 Å². The molecular weight excluding hydrogens is 316 g/mol. The van der Waals surface area contributed by atoms with Gasteiger partial charge in [0.15, 0.2) is 0 Å². The first-order valence-corrected chi connectivity index (χ1v) is 7.37. The molecule has 0 atom stereocenters. The maximum atomic E-state index is 4.18. The van der Waals surface area contributed by atoms with Crippen molar-refractivity contribution in [2.45, 2.75) is 13.5 Å². The molecule has 3 rings (SSSR count). The predicted molar refractivity (Wildman–Crippen MR) is 83.9 cm³/mol. The molecule has 1 N–H and O–H groups in total. The van der Waals surface area contributed by atoms with E-state index in [0.29, 0.717) is 0 Å². The fourth-order valence-electron chi connectivity index (χ4n) is 2.11. The Morgan fingerprint density at radius 1 is 1.15 bits per heavy atom. The van der Waals surface area contributed by atoms with Crippen LogP contribution in [0.4, 0.5) is 0 Å². The Hall–Kier alpha value is -1.72. The van der Waals surface area contributed by atoms with Crippen molar-refractivity contribution < 1.29 is 0 Å². The lowest BCUT2D eigenvalue weighted by Crippen LogP contribution is -2.11. The molecular formula is C15H15BrN4. The molecule has 0 spiro atoms. The van der Waals surface area contributed by atoms with E-state index in [4.69, 9.17) is 0 Å². The highest BCUT2D eigenvalue weighted by Gasteiger charge is 2.03. The van der Waals surface area contributed by atoms with Crippen molar-refractivity contribution in [1.82, 2.24) is 20.3 Å². The molecule has 0 saturated heterocycles. The summed E-state index contributed by atoms with van der Waals surface area (Å²) < 4.78 is 2.90. The number of hydrogen-bond donors (Lipinski definition) is 1. The van der Waals surface area contributed by atoms with Crippen LogP contribution in [0.3, 0.4) is 0 Å². The first-order valence-electron chi connectivity index (χ1n) is 6.58. The summed E-state index contributed by atoms with van der Waals surface area (Å²) in [6.07, 6.45) is 1.96. The summed E-state index contributed by atoms with van der Waals surface area (Å²) in [6, 6.07) is 12.5. The molecule has 4 nitrogen and oxygen atoms in total. The zero-order valence-corrected chi connectivity index (χ0v) is 12.8. The average molecular weight is 331 g/mol. The topological polar surface area (TPSA) is 42.7 Å². The van der Waals surface area contributed by atoms with Gasteiger partial charge in [0.05, 0.1) is 17.6 Å². The number of fused-ring (bicyclic) bond motifs is 1. The number of halogens is 1. The monoisotopic (exact) mass is 330 g/mol. The van der Waals surface area contributed by atoms with Crippen LogP contribution in [0.2, 0.25) is 0 Å². The predicted octanol–water partition coefficient (Wildman–Crippen LogP) is 3.29. The Bertz CT molecular complexity index is 736. The summed E-state index contributed by atoms with van der Waals surface area (Å²) in [7, 11) is 0. The SMILES string of the molecule is CCNCc1cn(-c2ccc3cc(Br)ccc3c2)nn1. The lowest BCUT2D eigenvalue weighted by molar-refractivity contribution is 0.705. The standard InChI is InChI=1S/C15H15BrN4/c1-2-17-9-14-10-20(19-18-14)15-6-4-11-7-13(16)5-3-12(11)8-15/h3-8,10,17H,2,9H2,1H3. The lowest BCUT2D eigenvalue weighted by Gasteiger charge is -2.03. The van der Waals surface area contributed by atoms with Gasteiger partial charge in [-0.3, -0.25) is 0 Å². The van der Waals surface area contributed by atoms with E-state index in [1.54, 1.807) is 0 Å². The van der Waals surface area contributed by atoms with Crippen molar-refractivity contribution in [3.63, 3.8) is 0 Å². The Morgan fingerprint density at radius 3 is 2.80 bits per heavy atom. The molecule has 102 valence electrons. The highest BCUT2D eigenvalue weighted by Crippen LogP contribution is 2.22. The smallest absolute Gasteiger partial charge is 0.0969 e.